The number of aryl methyl sites for hydroxylation is 1. The Labute approximate surface area is 127 Å². The Morgan fingerprint density at radius 1 is 1.14 bits per heavy atom. The van der Waals surface area contributed by atoms with E-state index >= 15 is 0 Å². The standard InChI is InChI=1S/C18H26N2O/c1-14-6-8-16(9-7-14)18(21)15(2)20-12-11-19-10-4-3-5-17(19)13-20/h6-9,15,17H,3-5,10-13H2,1-2H3. The zero-order valence-electron chi connectivity index (χ0n) is 13.2. The monoisotopic (exact) mass is 286 g/mol. The number of hydrogen-bond donors (Lipinski definition) is 0. The molecule has 3 heteroatoms. The van der Waals surface area contributed by atoms with Crippen LogP contribution in [0.4, 0.5) is 0 Å². The molecule has 2 atom stereocenters. The van der Waals surface area contributed by atoms with E-state index in [0.29, 0.717) is 6.04 Å². The fourth-order valence-corrected chi connectivity index (χ4v) is 3.66. The second-order valence-electron chi connectivity index (χ2n) is 6.59. The van der Waals surface area contributed by atoms with E-state index in [9.17, 15) is 4.79 Å². The van der Waals surface area contributed by atoms with Crippen LogP contribution in [0.2, 0.25) is 0 Å². The Hall–Kier alpha value is -1.19. The summed E-state index contributed by atoms with van der Waals surface area (Å²) in [4.78, 5) is 17.7. The minimum Gasteiger partial charge on any atom is -0.298 e. The van der Waals surface area contributed by atoms with Crippen LogP contribution in [-0.2, 0) is 0 Å². The van der Waals surface area contributed by atoms with Crippen LogP contribution < -0.4 is 0 Å². The molecular weight excluding hydrogens is 260 g/mol. The molecule has 0 N–H and O–H groups in total. The van der Waals surface area contributed by atoms with Crippen LogP contribution in [0.15, 0.2) is 24.3 Å². The molecule has 21 heavy (non-hydrogen) atoms. The number of benzene rings is 1. The Kier molecular flexibility index (Phi) is 4.41. The van der Waals surface area contributed by atoms with Gasteiger partial charge < -0.3 is 0 Å². The van der Waals surface area contributed by atoms with Gasteiger partial charge in [-0.3, -0.25) is 14.6 Å². The molecule has 2 aliphatic rings. The van der Waals surface area contributed by atoms with E-state index in [0.717, 1.165) is 25.2 Å². The van der Waals surface area contributed by atoms with Crippen molar-refractivity contribution < 1.29 is 4.79 Å². The molecule has 0 radical (unpaired) electrons. The summed E-state index contributed by atoms with van der Waals surface area (Å²) in [5, 5.41) is 0. The smallest absolute Gasteiger partial charge is 0.179 e. The molecule has 2 heterocycles. The largest absolute Gasteiger partial charge is 0.298 e. The van der Waals surface area contributed by atoms with Gasteiger partial charge in [0.15, 0.2) is 5.78 Å². The highest BCUT2D eigenvalue weighted by molar-refractivity contribution is 5.99. The van der Waals surface area contributed by atoms with Gasteiger partial charge in [-0.1, -0.05) is 36.2 Å². The van der Waals surface area contributed by atoms with Gasteiger partial charge in [0.1, 0.15) is 0 Å². The van der Waals surface area contributed by atoms with Gasteiger partial charge in [-0.05, 0) is 33.2 Å². The highest BCUT2D eigenvalue weighted by Gasteiger charge is 2.32. The molecule has 3 rings (SSSR count). The number of carbonyl (C=O) groups excluding carboxylic acids is 1. The maximum atomic E-state index is 12.7. The first-order valence-electron chi connectivity index (χ1n) is 8.24. The molecular formula is C18H26N2O. The molecule has 1 aromatic rings. The third kappa shape index (κ3) is 3.19. The zero-order valence-corrected chi connectivity index (χ0v) is 13.2. The highest BCUT2D eigenvalue weighted by Crippen LogP contribution is 2.23. The van der Waals surface area contributed by atoms with Crippen LogP contribution in [0.1, 0.15) is 42.1 Å². The number of Topliss-reactive ketones (excluding diaryl/α,β-unsaturated/α-hetero) is 1. The van der Waals surface area contributed by atoms with Crippen molar-refractivity contribution in [3.8, 4) is 0 Å². The third-order valence-corrected chi connectivity index (χ3v) is 5.13. The minimum atomic E-state index is -0.00298. The third-order valence-electron chi connectivity index (χ3n) is 5.13. The fourth-order valence-electron chi connectivity index (χ4n) is 3.66. The van der Waals surface area contributed by atoms with Crippen LogP contribution in [0.3, 0.4) is 0 Å². The van der Waals surface area contributed by atoms with E-state index < -0.39 is 0 Å². The molecule has 2 fully saturated rings. The van der Waals surface area contributed by atoms with Gasteiger partial charge in [-0.15, -0.1) is 0 Å². The Morgan fingerprint density at radius 2 is 1.90 bits per heavy atom. The SMILES string of the molecule is Cc1ccc(C(=O)C(C)N2CCN3CCCCC3C2)cc1. The molecule has 0 amide bonds. The molecule has 0 saturated carbocycles. The van der Waals surface area contributed by atoms with Crippen molar-refractivity contribution in [1.29, 1.82) is 0 Å². The number of ketones is 1. The van der Waals surface area contributed by atoms with Crippen LogP contribution in [0, 0.1) is 6.92 Å². The number of fused-ring (bicyclic) bond motifs is 1. The first-order valence-corrected chi connectivity index (χ1v) is 8.24. The first kappa shape index (κ1) is 14.7. The van der Waals surface area contributed by atoms with Gasteiger partial charge in [0.25, 0.3) is 0 Å². The molecule has 114 valence electrons. The van der Waals surface area contributed by atoms with Crippen LogP contribution in [-0.4, -0.2) is 53.8 Å². The quantitative estimate of drug-likeness (QED) is 0.798. The Balaban J connectivity index is 1.66. The molecule has 3 nitrogen and oxygen atoms in total. The summed E-state index contributed by atoms with van der Waals surface area (Å²) in [6, 6.07) is 8.64. The van der Waals surface area contributed by atoms with E-state index in [1.165, 1.54) is 31.4 Å². The second kappa shape index (κ2) is 6.29. The van der Waals surface area contributed by atoms with Crippen LogP contribution >= 0.6 is 0 Å². The van der Waals surface area contributed by atoms with E-state index in [-0.39, 0.29) is 11.8 Å². The van der Waals surface area contributed by atoms with Crippen molar-refractivity contribution in [1.82, 2.24) is 9.80 Å². The van der Waals surface area contributed by atoms with Crippen molar-refractivity contribution in [3.05, 3.63) is 35.4 Å². The van der Waals surface area contributed by atoms with Crippen LogP contribution in [0.25, 0.3) is 0 Å². The lowest BCUT2D eigenvalue weighted by Gasteiger charge is -2.45. The summed E-state index contributed by atoms with van der Waals surface area (Å²) in [5.41, 5.74) is 2.05. The molecule has 0 aliphatic carbocycles. The Morgan fingerprint density at radius 3 is 2.67 bits per heavy atom. The molecule has 2 unspecified atom stereocenters. The maximum absolute atomic E-state index is 12.7. The second-order valence-corrected chi connectivity index (χ2v) is 6.59. The van der Waals surface area contributed by atoms with E-state index in [4.69, 9.17) is 0 Å². The van der Waals surface area contributed by atoms with Crippen molar-refractivity contribution in [2.24, 2.45) is 0 Å². The molecule has 2 aliphatic heterocycles. The lowest BCUT2D eigenvalue weighted by Crippen LogP contribution is -2.57. The average molecular weight is 286 g/mol. The summed E-state index contributed by atoms with van der Waals surface area (Å²) in [7, 11) is 0. The van der Waals surface area contributed by atoms with E-state index in [1.54, 1.807) is 0 Å². The van der Waals surface area contributed by atoms with Gasteiger partial charge in [0, 0.05) is 31.2 Å². The minimum absolute atomic E-state index is 0.00298. The van der Waals surface area contributed by atoms with Crippen LogP contribution in [0.5, 0.6) is 0 Å². The normalized spacial score (nSPS) is 25.3. The van der Waals surface area contributed by atoms with Gasteiger partial charge in [-0.2, -0.15) is 0 Å². The number of carbonyl (C=O) groups is 1. The number of rotatable bonds is 3. The average Bonchev–Trinajstić information content (AvgIpc) is 2.54. The summed E-state index contributed by atoms with van der Waals surface area (Å²) in [6.07, 6.45) is 3.98. The lowest BCUT2D eigenvalue weighted by molar-refractivity contribution is 0.0300. The van der Waals surface area contributed by atoms with Gasteiger partial charge in [-0.25, -0.2) is 0 Å². The van der Waals surface area contributed by atoms with Gasteiger partial charge in [0.05, 0.1) is 6.04 Å². The van der Waals surface area contributed by atoms with Crippen molar-refractivity contribution in [2.75, 3.05) is 26.2 Å². The number of hydrogen-bond acceptors (Lipinski definition) is 3. The number of piperazine rings is 1. The van der Waals surface area contributed by atoms with E-state index in [2.05, 4.69) is 23.6 Å². The van der Waals surface area contributed by atoms with Crippen molar-refractivity contribution >= 4 is 5.78 Å². The molecule has 0 bridgehead atoms. The predicted octanol–water partition coefficient (Wildman–Crippen LogP) is 2.74. The topological polar surface area (TPSA) is 23.6 Å². The first-order chi connectivity index (χ1) is 10.1. The molecule has 0 spiro atoms. The summed E-state index contributed by atoms with van der Waals surface area (Å²) >= 11 is 0. The van der Waals surface area contributed by atoms with Gasteiger partial charge in [0.2, 0.25) is 0 Å². The van der Waals surface area contributed by atoms with Crippen molar-refractivity contribution in [3.63, 3.8) is 0 Å². The summed E-state index contributed by atoms with van der Waals surface area (Å²) in [5.74, 6) is 0.263. The van der Waals surface area contributed by atoms with Crippen molar-refractivity contribution in [2.45, 2.75) is 45.2 Å². The van der Waals surface area contributed by atoms with Gasteiger partial charge >= 0.3 is 0 Å². The number of nitrogens with zero attached hydrogens (tertiary/aromatic N) is 2. The molecule has 2 saturated heterocycles. The maximum Gasteiger partial charge on any atom is 0.179 e. The zero-order chi connectivity index (χ0) is 14.8. The number of piperidine rings is 1. The predicted molar refractivity (Wildman–Crippen MR) is 85.8 cm³/mol. The molecule has 0 aromatic heterocycles. The lowest BCUT2D eigenvalue weighted by atomic mass is 9.97. The molecule has 1 aromatic carbocycles. The summed E-state index contributed by atoms with van der Waals surface area (Å²) < 4.78 is 0. The fraction of sp³-hybridized carbons (Fsp3) is 0.611. The summed E-state index contributed by atoms with van der Waals surface area (Å²) in [6.45, 7) is 8.57. The van der Waals surface area contributed by atoms with E-state index in [1.807, 2.05) is 24.3 Å². The highest BCUT2D eigenvalue weighted by atomic mass is 16.1. The Bertz CT molecular complexity index is 496.